The molecule has 2 aromatic carbocycles. The zero-order chi connectivity index (χ0) is 27.8. The molecule has 0 aliphatic carbocycles. The number of benzene rings is 2. The van der Waals surface area contributed by atoms with Crippen LogP contribution in [0.2, 0.25) is 0 Å². The number of rotatable bonds is 11. The fraction of sp³-hybridized carbons (Fsp3) is 0.379. The van der Waals surface area contributed by atoms with Gasteiger partial charge in [-0.25, -0.2) is 8.42 Å². The molecule has 1 aromatic heterocycles. The second-order valence-electron chi connectivity index (χ2n) is 9.65. The van der Waals surface area contributed by atoms with Crippen LogP contribution in [0, 0.1) is 6.92 Å². The summed E-state index contributed by atoms with van der Waals surface area (Å²) in [5.41, 5.74) is 2.07. The van der Waals surface area contributed by atoms with Gasteiger partial charge in [0.2, 0.25) is 15.9 Å². The van der Waals surface area contributed by atoms with Crippen LogP contribution in [0.4, 0.5) is 0 Å². The lowest BCUT2D eigenvalue weighted by atomic mass is 10.0. The number of likely N-dealkylation sites (tertiary alicyclic amines) is 1. The molecule has 2 amide bonds. The Bertz CT molecular complexity index is 1320. The van der Waals surface area contributed by atoms with Crippen LogP contribution < -0.4 is 0 Å². The standard InChI is InChI=1S/C29H35N3O6S/c1-23-10-12-24(13-11-23)21-32(25-14-16-30(17-15-25)29(34)27-9-6-19-38-27)28(33)22-31(18-20-37-2)39(35,36)26-7-4-3-5-8-26/h3-13,19,25H,14-18,20-22H2,1-2H3. The van der Waals surface area contributed by atoms with E-state index in [-0.39, 0.29) is 42.4 Å². The number of amides is 2. The molecule has 9 nitrogen and oxygen atoms in total. The summed E-state index contributed by atoms with van der Waals surface area (Å²) in [6, 6.07) is 19.2. The Balaban J connectivity index is 1.54. The third-order valence-corrected chi connectivity index (χ3v) is 8.82. The van der Waals surface area contributed by atoms with Gasteiger partial charge in [-0.3, -0.25) is 9.59 Å². The van der Waals surface area contributed by atoms with Gasteiger partial charge in [0.25, 0.3) is 5.91 Å². The van der Waals surface area contributed by atoms with E-state index in [0.717, 1.165) is 11.1 Å². The lowest BCUT2D eigenvalue weighted by Gasteiger charge is -2.39. The molecule has 1 fully saturated rings. The smallest absolute Gasteiger partial charge is 0.289 e. The number of sulfonamides is 1. The zero-order valence-electron chi connectivity index (χ0n) is 22.4. The number of hydrogen-bond donors (Lipinski definition) is 0. The summed E-state index contributed by atoms with van der Waals surface area (Å²) in [5, 5.41) is 0. The van der Waals surface area contributed by atoms with Gasteiger partial charge in [-0.2, -0.15) is 4.31 Å². The van der Waals surface area contributed by atoms with Crippen molar-refractivity contribution < 1.29 is 27.2 Å². The molecule has 0 spiro atoms. The van der Waals surface area contributed by atoms with E-state index in [1.54, 1.807) is 40.1 Å². The number of piperidine rings is 1. The molecule has 2 heterocycles. The fourth-order valence-corrected chi connectivity index (χ4v) is 6.10. The van der Waals surface area contributed by atoms with Gasteiger partial charge in [-0.15, -0.1) is 0 Å². The minimum absolute atomic E-state index is 0.0495. The second kappa shape index (κ2) is 13.1. The van der Waals surface area contributed by atoms with Crippen molar-refractivity contribution >= 4 is 21.8 Å². The number of hydrogen-bond acceptors (Lipinski definition) is 6. The van der Waals surface area contributed by atoms with Crippen LogP contribution in [0.5, 0.6) is 0 Å². The Morgan fingerprint density at radius 2 is 1.69 bits per heavy atom. The van der Waals surface area contributed by atoms with Gasteiger partial charge < -0.3 is 19.0 Å². The quantitative estimate of drug-likeness (QED) is 0.360. The van der Waals surface area contributed by atoms with Crippen molar-refractivity contribution in [2.75, 3.05) is 39.9 Å². The maximum Gasteiger partial charge on any atom is 0.289 e. The third-order valence-electron chi connectivity index (χ3n) is 6.96. The van der Waals surface area contributed by atoms with Crippen LogP contribution in [-0.2, 0) is 26.1 Å². The van der Waals surface area contributed by atoms with Gasteiger partial charge in [-0.1, -0.05) is 48.0 Å². The Morgan fingerprint density at radius 3 is 2.31 bits per heavy atom. The molecule has 3 aromatic rings. The Hall–Kier alpha value is -3.47. The highest BCUT2D eigenvalue weighted by Crippen LogP contribution is 2.23. The average Bonchev–Trinajstić information content (AvgIpc) is 3.50. The van der Waals surface area contributed by atoms with Crippen LogP contribution in [0.3, 0.4) is 0 Å². The average molecular weight is 554 g/mol. The molecule has 1 saturated heterocycles. The van der Waals surface area contributed by atoms with Crippen molar-refractivity contribution in [1.82, 2.24) is 14.1 Å². The SMILES string of the molecule is COCCN(CC(=O)N(Cc1ccc(C)cc1)C1CCN(C(=O)c2ccco2)CC1)S(=O)(=O)c1ccccc1. The Labute approximate surface area is 230 Å². The molecule has 1 aliphatic rings. The number of furan rings is 1. The van der Waals surface area contributed by atoms with Gasteiger partial charge in [0.1, 0.15) is 0 Å². The number of nitrogens with zero attached hydrogens (tertiary/aromatic N) is 3. The number of aryl methyl sites for hydroxylation is 1. The van der Waals surface area contributed by atoms with E-state index in [2.05, 4.69) is 0 Å². The number of methoxy groups -OCH3 is 1. The first-order valence-corrected chi connectivity index (χ1v) is 14.5. The van der Waals surface area contributed by atoms with E-state index in [9.17, 15) is 18.0 Å². The van der Waals surface area contributed by atoms with Gasteiger partial charge in [0, 0.05) is 39.3 Å². The van der Waals surface area contributed by atoms with Crippen molar-refractivity contribution in [3.63, 3.8) is 0 Å². The van der Waals surface area contributed by atoms with E-state index in [1.165, 1.54) is 29.8 Å². The van der Waals surface area contributed by atoms with E-state index >= 15 is 0 Å². The lowest BCUT2D eigenvalue weighted by Crippen LogP contribution is -2.51. The van der Waals surface area contributed by atoms with Gasteiger partial charge in [-0.05, 0) is 49.6 Å². The highest BCUT2D eigenvalue weighted by atomic mass is 32.2. The van der Waals surface area contributed by atoms with Crippen LogP contribution in [0.25, 0.3) is 0 Å². The number of carbonyl (C=O) groups excluding carboxylic acids is 2. The Morgan fingerprint density at radius 1 is 1.00 bits per heavy atom. The van der Waals surface area contributed by atoms with E-state index in [1.807, 2.05) is 31.2 Å². The van der Waals surface area contributed by atoms with Crippen molar-refractivity contribution in [3.05, 3.63) is 89.9 Å². The maximum absolute atomic E-state index is 13.9. The first-order chi connectivity index (χ1) is 18.8. The van der Waals surface area contributed by atoms with Gasteiger partial charge in [0.15, 0.2) is 5.76 Å². The summed E-state index contributed by atoms with van der Waals surface area (Å²) >= 11 is 0. The van der Waals surface area contributed by atoms with Crippen LogP contribution in [0.15, 0.2) is 82.3 Å². The normalized spacial score (nSPS) is 14.5. The van der Waals surface area contributed by atoms with Crippen molar-refractivity contribution in [2.24, 2.45) is 0 Å². The Kier molecular flexibility index (Phi) is 9.55. The lowest BCUT2D eigenvalue weighted by molar-refractivity contribution is -0.135. The summed E-state index contributed by atoms with van der Waals surface area (Å²) in [4.78, 5) is 30.2. The molecule has 208 valence electrons. The monoisotopic (exact) mass is 553 g/mol. The first-order valence-electron chi connectivity index (χ1n) is 13.0. The minimum atomic E-state index is -3.91. The number of carbonyl (C=O) groups is 2. The predicted octanol–water partition coefficient (Wildman–Crippen LogP) is 3.56. The molecule has 4 rings (SSSR count). The van der Waals surface area contributed by atoms with E-state index < -0.39 is 10.0 Å². The highest BCUT2D eigenvalue weighted by molar-refractivity contribution is 7.89. The summed E-state index contributed by atoms with van der Waals surface area (Å²) < 4.78 is 38.5. The summed E-state index contributed by atoms with van der Waals surface area (Å²) in [6.45, 7) is 3.19. The molecular weight excluding hydrogens is 518 g/mol. The van der Waals surface area contributed by atoms with Crippen LogP contribution >= 0.6 is 0 Å². The van der Waals surface area contributed by atoms with E-state index in [4.69, 9.17) is 9.15 Å². The predicted molar refractivity (Wildman–Crippen MR) is 146 cm³/mol. The fourth-order valence-electron chi connectivity index (χ4n) is 4.71. The molecular formula is C29H35N3O6S. The molecule has 0 atom stereocenters. The van der Waals surface area contributed by atoms with Crippen LogP contribution in [-0.4, -0.2) is 80.3 Å². The molecule has 0 unspecified atom stereocenters. The summed E-state index contributed by atoms with van der Waals surface area (Å²) in [7, 11) is -2.42. The third kappa shape index (κ3) is 7.14. The van der Waals surface area contributed by atoms with Crippen LogP contribution in [0.1, 0.15) is 34.5 Å². The second-order valence-corrected chi connectivity index (χ2v) is 11.6. The minimum Gasteiger partial charge on any atom is -0.459 e. The zero-order valence-corrected chi connectivity index (χ0v) is 23.2. The largest absolute Gasteiger partial charge is 0.459 e. The summed E-state index contributed by atoms with van der Waals surface area (Å²) in [6.07, 6.45) is 2.63. The molecule has 10 heteroatoms. The summed E-state index contributed by atoms with van der Waals surface area (Å²) in [5.74, 6) is -0.169. The molecule has 0 radical (unpaired) electrons. The topological polar surface area (TPSA) is 100 Å². The molecule has 0 bridgehead atoms. The highest BCUT2D eigenvalue weighted by Gasteiger charge is 2.34. The molecule has 0 N–H and O–H groups in total. The molecule has 39 heavy (non-hydrogen) atoms. The molecule has 1 aliphatic heterocycles. The van der Waals surface area contributed by atoms with Crippen molar-refractivity contribution in [2.45, 2.75) is 37.2 Å². The van der Waals surface area contributed by atoms with Gasteiger partial charge in [0.05, 0.1) is 24.3 Å². The maximum atomic E-state index is 13.9. The van der Waals surface area contributed by atoms with Gasteiger partial charge >= 0.3 is 0 Å². The van der Waals surface area contributed by atoms with Crippen molar-refractivity contribution in [1.29, 1.82) is 0 Å². The molecule has 0 saturated carbocycles. The van der Waals surface area contributed by atoms with E-state index in [0.29, 0.717) is 38.2 Å². The number of ether oxygens (including phenoxy) is 1. The van der Waals surface area contributed by atoms with Crippen molar-refractivity contribution in [3.8, 4) is 0 Å². The first kappa shape index (κ1) is 28.5.